The first-order valence-electron chi connectivity index (χ1n) is 5.54. The Hall–Kier alpha value is -2.56. The van der Waals surface area contributed by atoms with Crippen LogP contribution in [0.4, 0.5) is 0 Å². The van der Waals surface area contributed by atoms with Gasteiger partial charge in [-0.2, -0.15) is 0 Å². The van der Waals surface area contributed by atoms with E-state index in [0.29, 0.717) is 0 Å². The van der Waals surface area contributed by atoms with Gasteiger partial charge in [0.05, 0.1) is 12.0 Å². The number of imidazole rings is 1. The number of aromatic amines is 1. The highest BCUT2D eigenvalue weighted by molar-refractivity contribution is 5.94. The number of H-pyrrole nitrogens is 1. The monoisotopic (exact) mass is 241 g/mol. The Morgan fingerprint density at radius 1 is 1.39 bits per heavy atom. The van der Waals surface area contributed by atoms with Crippen LogP contribution in [0.2, 0.25) is 0 Å². The molecule has 2 aromatic heterocycles. The molecule has 5 heteroatoms. The molecule has 0 unspecified atom stereocenters. The van der Waals surface area contributed by atoms with Gasteiger partial charge in [0.25, 0.3) is 0 Å². The first-order valence-corrected chi connectivity index (χ1v) is 5.54. The van der Waals surface area contributed by atoms with Gasteiger partial charge in [0.2, 0.25) is 0 Å². The van der Waals surface area contributed by atoms with E-state index in [1.165, 1.54) is 6.33 Å². The molecule has 18 heavy (non-hydrogen) atoms. The van der Waals surface area contributed by atoms with E-state index in [0.717, 1.165) is 22.2 Å². The number of carboxylic acids is 1. The molecular formula is C13H11N3O2. The van der Waals surface area contributed by atoms with Gasteiger partial charge < -0.3 is 14.7 Å². The Morgan fingerprint density at radius 3 is 3.06 bits per heavy atom. The Morgan fingerprint density at radius 2 is 2.22 bits per heavy atom. The molecule has 1 aromatic carbocycles. The van der Waals surface area contributed by atoms with Crippen LogP contribution in [0, 0.1) is 0 Å². The summed E-state index contributed by atoms with van der Waals surface area (Å²) in [7, 11) is 0. The first kappa shape index (κ1) is 10.6. The highest BCUT2D eigenvalue weighted by Gasteiger charge is 2.09. The van der Waals surface area contributed by atoms with Gasteiger partial charge >= 0.3 is 5.97 Å². The third-order valence-electron chi connectivity index (χ3n) is 2.82. The van der Waals surface area contributed by atoms with Gasteiger partial charge in [0.1, 0.15) is 6.54 Å². The van der Waals surface area contributed by atoms with Gasteiger partial charge in [-0.3, -0.25) is 4.79 Å². The van der Waals surface area contributed by atoms with Crippen LogP contribution in [-0.4, -0.2) is 25.6 Å². The fraction of sp³-hybridized carbons (Fsp3) is 0.0769. The van der Waals surface area contributed by atoms with Gasteiger partial charge in [0, 0.05) is 28.9 Å². The van der Waals surface area contributed by atoms with Crippen molar-refractivity contribution in [3.05, 3.63) is 43.0 Å². The fourth-order valence-electron chi connectivity index (χ4n) is 2.03. The molecule has 0 aliphatic carbocycles. The summed E-state index contributed by atoms with van der Waals surface area (Å²) in [6.45, 7) is -0.0741. The van der Waals surface area contributed by atoms with Crippen molar-refractivity contribution in [1.82, 2.24) is 14.5 Å². The van der Waals surface area contributed by atoms with Crippen molar-refractivity contribution in [3.8, 4) is 11.3 Å². The standard InChI is InChI=1S/C13H11N3O2/c17-13(18)7-16-6-12(15-8-16)10-5-14-11-4-2-1-3-9(10)11/h1-6,8,14H,7H2,(H,17,18). The normalized spacial score (nSPS) is 10.9. The van der Waals surface area contributed by atoms with E-state index in [9.17, 15) is 4.79 Å². The van der Waals surface area contributed by atoms with Crippen molar-refractivity contribution < 1.29 is 9.90 Å². The van der Waals surface area contributed by atoms with Crippen LogP contribution in [0.5, 0.6) is 0 Å². The summed E-state index contributed by atoms with van der Waals surface area (Å²) in [6, 6.07) is 7.93. The van der Waals surface area contributed by atoms with Crippen molar-refractivity contribution in [1.29, 1.82) is 0 Å². The maximum atomic E-state index is 10.6. The van der Waals surface area contributed by atoms with Crippen LogP contribution in [0.25, 0.3) is 22.2 Å². The second kappa shape index (κ2) is 4.03. The van der Waals surface area contributed by atoms with E-state index in [1.54, 1.807) is 10.8 Å². The fourth-order valence-corrected chi connectivity index (χ4v) is 2.03. The van der Waals surface area contributed by atoms with E-state index < -0.39 is 5.97 Å². The van der Waals surface area contributed by atoms with Crippen LogP contribution in [0.1, 0.15) is 0 Å². The summed E-state index contributed by atoms with van der Waals surface area (Å²) in [6.07, 6.45) is 5.16. The molecule has 3 rings (SSSR count). The number of carboxylic acid groups (broad SMARTS) is 1. The van der Waals surface area contributed by atoms with E-state index in [2.05, 4.69) is 9.97 Å². The third kappa shape index (κ3) is 1.75. The summed E-state index contributed by atoms with van der Waals surface area (Å²) in [5.74, 6) is -0.877. The molecule has 0 amide bonds. The summed E-state index contributed by atoms with van der Waals surface area (Å²) < 4.78 is 1.55. The zero-order chi connectivity index (χ0) is 12.5. The maximum absolute atomic E-state index is 10.6. The zero-order valence-corrected chi connectivity index (χ0v) is 9.50. The minimum atomic E-state index is -0.877. The molecule has 0 aliphatic heterocycles. The Balaban J connectivity index is 2.04. The van der Waals surface area contributed by atoms with Crippen molar-refractivity contribution in [2.75, 3.05) is 0 Å². The number of rotatable bonds is 3. The minimum absolute atomic E-state index is 0.0741. The predicted octanol–water partition coefficient (Wildman–Crippen LogP) is 2.12. The second-order valence-electron chi connectivity index (χ2n) is 4.07. The molecule has 0 radical (unpaired) electrons. The molecule has 0 saturated carbocycles. The number of hydrogen-bond donors (Lipinski definition) is 2. The number of nitrogens with one attached hydrogen (secondary N) is 1. The lowest BCUT2D eigenvalue weighted by molar-refractivity contribution is -0.137. The van der Waals surface area contributed by atoms with Gasteiger partial charge in [-0.25, -0.2) is 4.98 Å². The molecular weight excluding hydrogens is 230 g/mol. The van der Waals surface area contributed by atoms with E-state index in [-0.39, 0.29) is 6.54 Å². The lowest BCUT2D eigenvalue weighted by atomic mass is 10.1. The van der Waals surface area contributed by atoms with Crippen LogP contribution >= 0.6 is 0 Å². The average Bonchev–Trinajstić information content (AvgIpc) is 2.94. The predicted molar refractivity (Wildman–Crippen MR) is 67.2 cm³/mol. The zero-order valence-electron chi connectivity index (χ0n) is 9.50. The van der Waals surface area contributed by atoms with Crippen LogP contribution in [-0.2, 0) is 11.3 Å². The minimum Gasteiger partial charge on any atom is -0.480 e. The molecule has 0 fully saturated rings. The number of nitrogens with zero attached hydrogens (tertiary/aromatic N) is 2. The number of benzene rings is 1. The molecule has 3 aromatic rings. The number of aliphatic carboxylic acids is 1. The largest absolute Gasteiger partial charge is 0.480 e. The number of aromatic nitrogens is 3. The van der Waals surface area contributed by atoms with E-state index >= 15 is 0 Å². The lowest BCUT2D eigenvalue weighted by Gasteiger charge is -1.95. The Bertz CT molecular complexity index is 712. The average molecular weight is 241 g/mol. The van der Waals surface area contributed by atoms with Gasteiger partial charge in [-0.05, 0) is 6.07 Å². The molecule has 0 saturated heterocycles. The summed E-state index contributed by atoms with van der Waals surface area (Å²) in [4.78, 5) is 18.0. The molecule has 0 atom stereocenters. The first-order chi connectivity index (χ1) is 8.74. The molecule has 90 valence electrons. The molecule has 2 heterocycles. The highest BCUT2D eigenvalue weighted by atomic mass is 16.4. The maximum Gasteiger partial charge on any atom is 0.323 e. The van der Waals surface area contributed by atoms with Crippen LogP contribution in [0.3, 0.4) is 0 Å². The number of hydrogen-bond acceptors (Lipinski definition) is 2. The van der Waals surface area contributed by atoms with Crippen molar-refractivity contribution in [3.63, 3.8) is 0 Å². The molecule has 2 N–H and O–H groups in total. The number of para-hydroxylation sites is 1. The van der Waals surface area contributed by atoms with Crippen LogP contribution < -0.4 is 0 Å². The molecule has 5 nitrogen and oxygen atoms in total. The Kier molecular flexibility index (Phi) is 2.37. The number of fused-ring (bicyclic) bond motifs is 1. The second-order valence-corrected chi connectivity index (χ2v) is 4.07. The van der Waals surface area contributed by atoms with Gasteiger partial charge in [-0.15, -0.1) is 0 Å². The van der Waals surface area contributed by atoms with Crippen LogP contribution in [0.15, 0.2) is 43.0 Å². The molecule has 0 spiro atoms. The lowest BCUT2D eigenvalue weighted by Crippen LogP contribution is -2.06. The van der Waals surface area contributed by atoms with E-state index in [1.807, 2.05) is 30.5 Å². The Labute approximate surface area is 103 Å². The third-order valence-corrected chi connectivity index (χ3v) is 2.82. The quantitative estimate of drug-likeness (QED) is 0.737. The highest BCUT2D eigenvalue weighted by Crippen LogP contribution is 2.26. The SMILES string of the molecule is O=C(O)Cn1cnc(-c2c[nH]c3ccccc23)c1. The molecule has 0 bridgehead atoms. The summed E-state index contributed by atoms with van der Waals surface area (Å²) >= 11 is 0. The smallest absolute Gasteiger partial charge is 0.323 e. The topological polar surface area (TPSA) is 70.9 Å². The molecule has 0 aliphatic rings. The van der Waals surface area contributed by atoms with E-state index in [4.69, 9.17) is 5.11 Å². The van der Waals surface area contributed by atoms with Gasteiger partial charge in [0.15, 0.2) is 0 Å². The van der Waals surface area contributed by atoms with Crippen molar-refractivity contribution in [2.24, 2.45) is 0 Å². The summed E-state index contributed by atoms with van der Waals surface area (Å²) in [5, 5.41) is 9.81. The van der Waals surface area contributed by atoms with Crippen molar-refractivity contribution >= 4 is 16.9 Å². The summed E-state index contributed by atoms with van der Waals surface area (Å²) in [5.41, 5.74) is 2.80. The van der Waals surface area contributed by atoms with Crippen molar-refractivity contribution in [2.45, 2.75) is 6.54 Å². The number of carbonyl (C=O) groups is 1. The van der Waals surface area contributed by atoms with Gasteiger partial charge in [-0.1, -0.05) is 18.2 Å².